The standard InChI is InChI=1S/C21H22N2O4S2/c1-2-27-20(25)16-14-10-6-7-11-15(14)28-17(16)22-18-19(24)23(21(26)29-18)12-13-8-4-3-5-9-13/h3-5,8-9,18,22H,2,6-7,10-12H2,1H3. The minimum atomic E-state index is -0.737. The summed E-state index contributed by atoms with van der Waals surface area (Å²) in [5.74, 6) is -0.651. The lowest BCUT2D eigenvalue weighted by atomic mass is 9.95. The molecule has 0 spiro atoms. The molecule has 6 nitrogen and oxygen atoms in total. The first kappa shape index (κ1) is 20.0. The molecule has 1 saturated heterocycles. The summed E-state index contributed by atoms with van der Waals surface area (Å²) in [6.45, 7) is 2.32. The van der Waals surface area contributed by atoms with E-state index in [1.54, 1.807) is 6.92 Å². The Morgan fingerprint density at radius 3 is 2.72 bits per heavy atom. The highest BCUT2D eigenvalue weighted by Crippen LogP contribution is 2.40. The zero-order valence-electron chi connectivity index (χ0n) is 16.1. The summed E-state index contributed by atoms with van der Waals surface area (Å²) in [6.07, 6.45) is 3.90. The SMILES string of the molecule is CCOC(=O)c1c(NC2SC(=O)N(Cc3ccccc3)C2=O)sc2c1CCCC2. The van der Waals surface area contributed by atoms with Gasteiger partial charge in [-0.3, -0.25) is 14.5 Å². The molecule has 1 atom stereocenters. The molecule has 2 heterocycles. The van der Waals surface area contributed by atoms with E-state index in [-0.39, 0.29) is 23.7 Å². The highest BCUT2D eigenvalue weighted by atomic mass is 32.2. The van der Waals surface area contributed by atoms with Gasteiger partial charge in [-0.15, -0.1) is 11.3 Å². The van der Waals surface area contributed by atoms with E-state index < -0.39 is 5.37 Å². The molecule has 2 aromatic rings. The number of carbonyl (C=O) groups excluding carboxylic acids is 3. The highest BCUT2D eigenvalue weighted by Gasteiger charge is 2.41. The van der Waals surface area contributed by atoms with Crippen molar-refractivity contribution < 1.29 is 19.1 Å². The van der Waals surface area contributed by atoms with E-state index in [0.29, 0.717) is 17.2 Å². The lowest BCUT2D eigenvalue weighted by molar-refractivity contribution is -0.126. The van der Waals surface area contributed by atoms with E-state index in [9.17, 15) is 14.4 Å². The van der Waals surface area contributed by atoms with E-state index in [2.05, 4.69) is 5.32 Å². The predicted molar refractivity (Wildman–Crippen MR) is 114 cm³/mol. The second-order valence-electron chi connectivity index (χ2n) is 6.95. The van der Waals surface area contributed by atoms with Gasteiger partial charge in [-0.05, 0) is 55.5 Å². The molecule has 4 rings (SSSR count). The molecule has 8 heteroatoms. The van der Waals surface area contributed by atoms with E-state index in [1.165, 1.54) is 21.1 Å². The van der Waals surface area contributed by atoms with Crippen LogP contribution in [0.2, 0.25) is 0 Å². The fraction of sp³-hybridized carbons (Fsp3) is 0.381. The van der Waals surface area contributed by atoms with Crippen molar-refractivity contribution in [2.75, 3.05) is 11.9 Å². The van der Waals surface area contributed by atoms with Crippen LogP contribution in [0, 0.1) is 0 Å². The van der Waals surface area contributed by atoms with Crippen LogP contribution in [-0.2, 0) is 28.9 Å². The number of hydrogen-bond donors (Lipinski definition) is 1. The number of imide groups is 1. The molecule has 2 amide bonds. The van der Waals surface area contributed by atoms with E-state index in [4.69, 9.17) is 4.74 Å². The van der Waals surface area contributed by atoms with Crippen molar-refractivity contribution in [2.45, 2.75) is 44.5 Å². The van der Waals surface area contributed by atoms with Crippen LogP contribution in [0.4, 0.5) is 9.80 Å². The van der Waals surface area contributed by atoms with Crippen molar-refractivity contribution in [1.82, 2.24) is 4.90 Å². The predicted octanol–water partition coefficient (Wildman–Crippen LogP) is 4.44. The van der Waals surface area contributed by atoms with Crippen LogP contribution in [0.5, 0.6) is 0 Å². The van der Waals surface area contributed by atoms with Gasteiger partial charge in [-0.1, -0.05) is 30.3 Å². The van der Waals surface area contributed by atoms with Gasteiger partial charge in [0.2, 0.25) is 0 Å². The average Bonchev–Trinajstić information content (AvgIpc) is 3.21. The summed E-state index contributed by atoms with van der Waals surface area (Å²) in [6, 6.07) is 9.43. The topological polar surface area (TPSA) is 75.7 Å². The molecule has 0 radical (unpaired) electrons. The summed E-state index contributed by atoms with van der Waals surface area (Å²) in [4.78, 5) is 40.4. The van der Waals surface area contributed by atoms with Crippen molar-refractivity contribution >= 4 is 45.2 Å². The number of benzene rings is 1. The number of hydrogen-bond acceptors (Lipinski definition) is 7. The Morgan fingerprint density at radius 1 is 1.21 bits per heavy atom. The summed E-state index contributed by atoms with van der Waals surface area (Å²) >= 11 is 2.46. The number of nitrogens with one attached hydrogen (secondary N) is 1. The van der Waals surface area contributed by atoms with Crippen LogP contribution < -0.4 is 5.32 Å². The Labute approximate surface area is 177 Å². The first-order chi connectivity index (χ1) is 14.1. The third-order valence-corrected chi connectivity index (χ3v) is 7.23. The third kappa shape index (κ3) is 4.04. The second kappa shape index (κ2) is 8.59. The van der Waals surface area contributed by atoms with Crippen LogP contribution in [0.15, 0.2) is 30.3 Å². The highest BCUT2D eigenvalue weighted by molar-refractivity contribution is 8.15. The summed E-state index contributed by atoms with van der Waals surface area (Å²) in [5.41, 5.74) is 2.47. The first-order valence-electron chi connectivity index (χ1n) is 9.72. The molecule has 1 aromatic carbocycles. The van der Waals surface area contributed by atoms with Crippen LogP contribution in [0.25, 0.3) is 0 Å². The maximum atomic E-state index is 12.9. The Hall–Kier alpha value is -2.32. The zero-order valence-corrected chi connectivity index (χ0v) is 17.7. The van der Waals surface area contributed by atoms with Crippen LogP contribution in [-0.4, -0.2) is 34.0 Å². The molecule has 2 aliphatic rings. The first-order valence-corrected chi connectivity index (χ1v) is 11.4. The fourth-order valence-corrected chi connectivity index (χ4v) is 5.92. The molecule has 29 heavy (non-hydrogen) atoms. The van der Waals surface area contributed by atoms with Gasteiger partial charge in [0.1, 0.15) is 5.00 Å². The van der Waals surface area contributed by atoms with E-state index in [1.807, 2.05) is 30.3 Å². The van der Waals surface area contributed by atoms with Crippen molar-refractivity contribution in [2.24, 2.45) is 0 Å². The number of thiophene rings is 1. The minimum Gasteiger partial charge on any atom is -0.462 e. The smallest absolute Gasteiger partial charge is 0.341 e. The molecule has 152 valence electrons. The quantitative estimate of drug-likeness (QED) is 0.683. The Kier molecular flexibility index (Phi) is 5.91. The molecule has 0 bridgehead atoms. The van der Waals surface area contributed by atoms with Gasteiger partial charge < -0.3 is 10.1 Å². The molecule has 1 fully saturated rings. The second-order valence-corrected chi connectivity index (χ2v) is 9.12. The maximum absolute atomic E-state index is 12.9. The lowest BCUT2D eigenvalue weighted by Crippen LogP contribution is -2.34. The van der Waals surface area contributed by atoms with Gasteiger partial charge in [-0.2, -0.15) is 0 Å². The number of nitrogens with zero attached hydrogens (tertiary/aromatic N) is 1. The fourth-order valence-electron chi connectivity index (χ4n) is 3.65. The maximum Gasteiger partial charge on any atom is 0.341 e. The van der Waals surface area contributed by atoms with Crippen molar-refractivity contribution in [3.63, 3.8) is 0 Å². The normalized spacial score (nSPS) is 18.7. The zero-order chi connectivity index (χ0) is 20.4. The Balaban J connectivity index is 1.56. The van der Waals surface area contributed by atoms with Crippen molar-refractivity contribution in [3.8, 4) is 0 Å². The molecular weight excluding hydrogens is 408 g/mol. The summed E-state index contributed by atoms with van der Waals surface area (Å²) < 4.78 is 5.26. The molecule has 1 aliphatic heterocycles. The molecule has 1 aliphatic carbocycles. The number of esters is 1. The van der Waals surface area contributed by atoms with E-state index in [0.717, 1.165) is 48.6 Å². The van der Waals surface area contributed by atoms with Gasteiger partial charge in [0.25, 0.3) is 11.1 Å². The van der Waals surface area contributed by atoms with Gasteiger partial charge in [-0.25, -0.2) is 4.79 Å². The number of anilines is 1. The number of amides is 2. The number of rotatable bonds is 6. The lowest BCUT2D eigenvalue weighted by Gasteiger charge is -2.15. The average molecular weight is 431 g/mol. The molecular formula is C21H22N2O4S2. The largest absolute Gasteiger partial charge is 0.462 e. The number of aryl methyl sites for hydroxylation is 1. The summed E-state index contributed by atoms with van der Waals surface area (Å²) in [5, 5.41) is 2.79. The summed E-state index contributed by atoms with van der Waals surface area (Å²) in [7, 11) is 0. The number of fused-ring (bicyclic) bond motifs is 1. The van der Waals surface area contributed by atoms with Gasteiger partial charge >= 0.3 is 5.97 Å². The van der Waals surface area contributed by atoms with Gasteiger partial charge in [0, 0.05) is 4.88 Å². The molecule has 1 unspecified atom stereocenters. The van der Waals surface area contributed by atoms with E-state index >= 15 is 0 Å². The van der Waals surface area contributed by atoms with Crippen LogP contribution >= 0.6 is 23.1 Å². The minimum absolute atomic E-state index is 0.245. The van der Waals surface area contributed by atoms with Gasteiger partial charge in [0.15, 0.2) is 5.37 Å². The van der Waals surface area contributed by atoms with Crippen LogP contribution in [0.3, 0.4) is 0 Å². The number of carbonyl (C=O) groups is 3. The Bertz CT molecular complexity index is 942. The van der Waals surface area contributed by atoms with Gasteiger partial charge in [0.05, 0.1) is 18.7 Å². The molecule has 1 aromatic heterocycles. The Morgan fingerprint density at radius 2 is 1.97 bits per heavy atom. The third-order valence-electron chi connectivity index (χ3n) is 5.03. The number of ether oxygens (including phenoxy) is 1. The molecule has 0 saturated carbocycles. The van der Waals surface area contributed by atoms with Crippen molar-refractivity contribution in [3.05, 3.63) is 51.9 Å². The molecule has 1 N–H and O–H groups in total. The van der Waals surface area contributed by atoms with Crippen LogP contribution in [0.1, 0.15) is 46.1 Å². The monoisotopic (exact) mass is 430 g/mol. The number of thioether (sulfide) groups is 1. The van der Waals surface area contributed by atoms with Crippen molar-refractivity contribution in [1.29, 1.82) is 0 Å².